The van der Waals surface area contributed by atoms with E-state index in [0.29, 0.717) is 17.0 Å². The van der Waals surface area contributed by atoms with Crippen LogP contribution in [-0.4, -0.2) is 14.6 Å². The predicted octanol–water partition coefficient (Wildman–Crippen LogP) is 2.26. The van der Waals surface area contributed by atoms with Crippen molar-refractivity contribution in [3.8, 4) is 11.4 Å². The van der Waals surface area contributed by atoms with Crippen LogP contribution in [0.5, 0.6) is 0 Å². The van der Waals surface area contributed by atoms with E-state index in [0.717, 1.165) is 0 Å². The maximum absolute atomic E-state index is 13.1. The topological polar surface area (TPSA) is 56.2 Å². The minimum Gasteiger partial charge on any atom is -0.396 e. The average Bonchev–Trinajstić information content (AvgIpc) is 2.73. The first-order chi connectivity index (χ1) is 8.63. The second-order valence-corrected chi connectivity index (χ2v) is 3.83. The average molecular weight is 246 g/mol. The number of halogens is 2. The predicted molar refractivity (Wildman–Crippen MR) is 62.8 cm³/mol. The van der Waals surface area contributed by atoms with Crippen molar-refractivity contribution in [3.63, 3.8) is 0 Å². The van der Waals surface area contributed by atoms with E-state index in [-0.39, 0.29) is 11.5 Å². The summed E-state index contributed by atoms with van der Waals surface area (Å²) in [5, 5.41) is 4.06. The molecule has 0 bridgehead atoms. The molecule has 2 N–H and O–H groups in total. The van der Waals surface area contributed by atoms with Crippen LogP contribution in [0, 0.1) is 11.6 Å². The van der Waals surface area contributed by atoms with Crippen LogP contribution < -0.4 is 5.73 Å². The van der Waals surface area contributed by atoms with Crippen molar-refractivity contribution in [3.05, 3.63) is 48.2 Å². The Balaban J connectivity index is 2.22. The van der Waals surface area contributed by atoms with E-state index in [9.17, 15) is 8.78 Å². The fourth-order valence-corrected chi connectivity index (χ4v) is 1.73. The van der Waals surface area contributed by atoms with Crippen LogP contribution in [0.1, 0.15) is 0 Å². The summed E-state index contributed by atoms with van der Waals surface area (Å²) in [4.78, 5) is 4.16. The van der Waals surface area contributed by atoms with Crippen LogP contribution in [0.3, 0.4) is 0 Å². The molecule has 0 aliphatic heterocycles. The van der Waals surface area contributed by atoms with Gasteiger partial charge in [-0.25, -0.2) is 18.3 Å². The van der Waals surface area contributed by atoms with Gasteiger partial charge in [-0.1, -0.05) is 12.1 Å². The second-order valence-electron chi connectivity index (χ2n) is 3.83. The molecule has 1 aromatic carbocycles. The molecule has 90 valence electrons. The maximum Gasteiger partial charge on any atom is 0.182 e. The molecule has 0 fully saturated rings. The van der Waals surface area contributed by atoms with E-state index in [1.54, 1.807) is 12.1 Å². The highest BCUT2D eigenvalue weighted by Crippen LogP contribution is 2.20. The number of hydrogen-bond acceptors (Lipinski definition) is 3. The van der Waals surface area contributed by atoms with Gasteiger partial charge in [0.15, 0.2) is 11.5 Å². The lowest BCUT2D eigenvalue weighted by atomic mass is 10.2. The van der Waals surface area contributed by atoms with Crippen molar-refractivity contribution < 1.29 is 8.78 Å². The third-order valence-corrected chi connectivity index (χ3v) is 2.51. The molecule has 0 spiro atoms. The van der Waals surface area contributed by atoms with E-state index in [1.165, 1.54) is 28.9 Å². The number of aromatic nitrogens is 3. The third kappa shape index (κ3) is 1.67. The Labute approximate surface area is 101 Å². The van der Waals surface area contributed by atoms with Gasteiger partial charge >= 0.3 is 0 Å². The van der Waals surface area contributed by atoms with Crippen LogP contribution >= 0.6 is 0 Å². The van der Waals surface area contributed by atoms with Gasteiger partial charge in [0.25, 0.3) is 0 Å². The lowest BCUT2D eigenvalue weighted by Gasteiger charge is -1.95. The summed E-state index contributed by atoms with van der Waals surface area (Å²) in [6.45, 7) is 0. The fourth-order valence-electron chi connectivity index (χ4n) is 1.73. The van der Waals surface area contributed by atoms with Crippen LogP contribution in [0.25, 0.3) is 17.0 Å². The molecule has 4 nitrogen and oxygen atoms in total. The van der Waals surface area contributed by atoms with E-state index in [2.05, 4.69) is 10.1 Å². The van der Waals surface area contributed by atoms with Gasteiger partial charge < -0.3 is 5.73 Å². The molecule has 0 aliphatic rings. The number of fused-ring (bicyclic) bond motifs is 1. The largest absolute Gasteiger partial charge is 0.396 e. The molecule has 0 atom stereocenters. The van der Waals surface area contributed by atoms with Gasteiger partial charge in [0.2, 0.25) is 0 Å². The van der Waals surface area contributed by atoms with E-state index >= 15 is 0 Å². The number of nitrogen functional groups attached to an aromatic ring is 1. The van der Waals surface area contributed by atoms with Gasteiger partial charge in [-0.15, -0.1) is 5.10 Å². The van der Waals surface area contributed by atoms with Gasteiger partial charge in [-0.2, -0.15) is 0 Å². The quantitative estimate of drug-likeness (QED) is 0.716. The van der Waals surface area contributed by atoms with Gasteiger partial charge in [0.05, 0.1) is 11.9 Å². The lowest BCUT2D eigenvalue weighted by molar-refractivity contribution is 0.615. The molecule has 3 rings (SSSR count). The molecule has 6 heteroatoms. The number of benzene rings is 1. The van der Waals surface area contributed by atoms with E-state index in [1.807, 2.05) is 0 Å². The Kier molecular flexibility index (Phi) is 2.22. The first-order valence-corrected chi connectivity index (χ1v) is 5.21. The summed E-state index contributed by atoms with van der Waals surface area (Å²) in [5.41, 5.74) is 6.68. The summed E-state index contributed by atoms with van der Waals surface area (Å²) in [6.07, 6.45) is 1.17. The maximum atomic E-state index is 13.1. The Morgan fingerprint density at radius 3 is 2.72 bits per heavy atom. The number of anilines is 1. The molecule has 0 unspecified atom stereocenters. The van der Waals surface area contributed by atoms with Crippen LogP contribution in [0.2, 0.25) is 0 Å². The van der Waals surface area contributed by atoms with Crippen LogP contribution in [0.15, 0.2) is 36.5 Å². The van der Waals surface area contributed by atoms with Crippen molar-refractivity contribution >= 4 is 11.3 Å². The number of rotatable bonds is 1. The molecule has 0 aliphatic carbocycles. The fraction of sp³-hybridized carbons (Fsp3) is 0. The highest BCUT2D eigenvalue weighted by atomic mass is 19.1. The van der Waals surface area contributed by atoms with Crippen LogP contribution in [0.4, 0.5) is 14.5 Å². The molecule has 2 aromatic heterocycles. The second kappa shape index (κ2) is 3.76. The zero-order chi connectivity index (χ0) is 12.7. The van der Waals surface area contributed by atoms with Crippen molar-refractivity contribution in [2.75, 3.05) is 5.73 Å². The van der Waals surface area contributed by atoms with Gasteiger partial charge in [0, 0.05) is 11.6 Å². The van der Waals surface area contributed by atoms with Crippen molar-refractivity contribution in [1.29, 1.82) is 0 Å². The minimum absolute atomic E-state index is 0.185. The van der Waals surface area contributed by atoms with E-state index in [4.69, 9.17) is 5.73 Å². The summed E-state index contributed by atoms with van der Waals surface area (Å²) >= 11 is 0. The van der Waals surface area contributed by atoms with Crippen LogP contribution in [-0.2, 0) is 0 Å². The Bertz CT molecular complexity index is 736. The Morgan fingerprint density at radius 2 is 1.94 bits per heavy atom. The number of hydrogen-bond donors (Lipinski definition) is 1. The molecule has 3 aromatic rings. The smallest absolute Gasteiger partial charge is 0.182 e. The number of nitrogens with two attached hydrogens (primary N) is 1. The Morgan fingerprint density at radius 1 is 1.11 bits per heavy atom. The summed E-state index contributed by atoms with van der Waals surface area (Å²) in [5.74, 6) is -0.590. The zero-order valence-corrected chi connectivity index (χ0v) is 9.14. The molecule has 0 saturated heterocycles. The van der Waals surface area contributed by atoms with Crippen molar-refractivity contribution in [2.45, 2.75) is 0 Å². The van der Waals surface area contributed by atoms with Crippen molar-refractivity contribution in [2.24, 2.45) is 0 Å². The molecule has 18 heavy (non-hydrogen) atoms. The monoisotopic (exact) mass is 246 g/mol. The zero-order valence-electron chi connectivity index (χ0n) is 9.14. The van der Waals surface area contributed by atoms with Gasteiger partial charge in [-0.05, 0) is 12.1 Å². The standard InChI is InChI=1S/C12H8F2N4/c13-8-3-1-2-7(4-8)11-16-12-10(15)5-9(14)6-18(12)17-11/h1-6H,15H2. The highest BCUT2D eigenvalue weighted by molar-refractivity contribution is 5.68. The molecule has 0 amide bonds. The first kappa shape index (κ1) is 10.6. The molecular weight excluding hydrogens is 238 g/mol. The van der Waals surface area contributed by atoms with E-state index < -0.39 is 5.82 Å². The molecule has 0 radical (unpaired) electrons. The minimum atomic E-state index is -0.504. The molecule has 0 saturated carbocycles. The van der Waals surface area contributed by atoms with Crippen molar-refractivity contribution in [1.82, 2.24) is 14.6 Å². The highest BCUT2D eigenvalue weighted by Gasteiger charge is 2.10. The number of nitrogens with zero attached hydrogens (tertiary/aromatic N) is 3. The SMILES string of the molecule is Nc1cc(F)cn2nc(-c3cccc(F)c3)nc12. The first-order valence-electron chi connectivity index (χ1n) is 5.21. The number of pyridine rings is 1. The normalized spacial score (nSPS) is 11.0. The molecule has 2 heterocycles. The summed E-state index contributed by atoms with van der Waals surface area (Å²) in [6, 6.07) is 7.03. The third-order valence-electron chi connectivity index (χ3n) is 2.51. The summed E-state index contributed by atoms with van der Waals surface area (Å²) < 4.78 is 27.5. The molecular formula is C12H8F2N4. The van der Waals surface area contributed by atoms with Gasteiger partial charge in [-0.3, -0.25) is 0 Å². The Hall–Kier alpha value is -2.50. The summed E-state index contributed by atoms with van der Waals surface area (Å²) in [7, 11) is 0. The van der Waals surface area contributed by atoms with Gasteiger partial charge in [0.1, 0.15) is 11.6 Å². The lowest BCUT2D eigenvalue weighted by Crippen LogP contribution is -1.95.